The van der Waals surface area contributed by atoms with Crippen LogP contribution in [0.1, 0.15) is 27.0 Å². The number of amides is 1. The molecule has 0 heterocycles. The van der Waals surface area contributed by atoms with E-state index in [0.717, 1.165) is 16.7 Å². The van der Waals surface area contributed by atoms with E-state index in [2.05, 4.69) is 10.0 Å². The van der Waals surface area contributed by atoms with Crippen LogP contribution in [0.15, 0.2) is 59.5 Å². The Bertz CT molecular complexity index is 1220. The van der Waals surface area contributed by atoms with Crippen molar-refractivity contribution in [1.82, 2.24) is 0 Å². The molecule has 0 spiro atoms. The normalized spacial score (nSPS) is 11.2. The SMILES string of the molecule is Cc1cc(C)cc(NS(=O)(=O)c2cc(C(=O)Nc3ccc(Cl)cc3C)ccc2Cl)c1. The minimum absolute atomic E-state index is 0.0195. The standard InChI is InChI=1S/C22H20Cl2N2O3S/c1-13-8-14(2)10-18(9-13)26-30(28,29)21-12-16(4-6-19(21)24)22(27)25-20-7-5-17(23)11-15(20)3/h4-12,26H,1-3H3,(H,25,27). The highest BCUT2D eigenvalue weighted by molar-refractivity contribution is 7.92. The number of benzene rings is 3. The molecule has 0 fully saturated rings. The van der Waals surface area contributed by atoms with E-state index in [0.29, 0.717) is 16.4 Å². The van der Waals surface area contributed by atoms with Crippen LogP contribution >= 0.6 is 23.2 Å². The van der Waals surface area contributed by atoms with Crippen LogP contribution in [0, 0.1) is 20.8 Å². The Labute approximate surface area is 186 Å². The number of hydrogen-bond donors (Lipinski definition) is 2. The molecule has 1 amide bonds. The molecule has 0 saturated carbocycles. The largest absolute Gasteiger partial charge is 0.322 e. The smallest absolute Gasteiger partial charge is 0.263 e. The summed E-state index contributed by atoms with van der Waals surface area (Å²) in [5.41, 5.74) is 3.80. The van der Waals surface area contributed by atoms with E-state index in [1.807, 2.05) is 26.8 Å². The van der Waals surface area contributed by atoms with E-state index in [-0.39, 0.29) is 15.5 Å². The van der Waals surface area contributed by atoms with Crippen molar-refractivity contribution in [3.8, 4) is 0 Å². The molecule has 2 N–H and O–H groups in total. The highest BCUT2D eigenvalue weighted by Crippen LogP contribution is 2.27. The molecule has 0 unspecified atom stereocenters. The van der Waals surface area contributed by atoms with Gasteiger partial charge in [0.25, 0.3) is 15.9 Å². The Morgan fingerprint density at radius 3 is 2.17 bits per heavy atom. The highest BCUT2D eigenvalue weighted by Gasteiger charge is 2.21. The third-order valence-electron chi connectivity index (χ3n) is 4.39. The molecule has 3 aromatic carbocycles. The predicted octanol–water partition coefficient (Wildman–Crippen LogP) is 5.97. The zero-order valence-corrected chi connectivity index (χ0v) is 18.9. The highest BCUT2D eigenvalue weighted by atomic mass is 35.5. The Morgan fingerprint density at radius 1 is 0.867 bits per heavy atom. The lowest BCUT2D eigenvalue weighted by atomic mass is 10.1. The lowest BCUT2D eigenvalue weighted by molar-refractivity contribution is 0.102. The van der Waals surface area contributed by atoms with Crippen molar-refractivity contribution in [2.24, 2.45) is 0 Å². The molecule has 0 aliphatic carbocycles. The van der Waals surface area contributed by atoms with Gasteiger partial charge in [-0.3, -0.25) is 9.52 Å². The minimum Gasteiger partial charge on any atom is -0.322 e. The maximum absolute atomic E-state index is 12.9. The van der Waals surface area contributed by atoms with Gasteiger partial charge in [-0.2, -0.15) is 0 Å². The van der Waals surface area contributed by atoms with E-state index in [1.165, 1.54) is 18.2 Å². The van der Waals surface area contributed by atoms with Gasteiger partial charge < -0.3 is 5.32 Å². The monoisotopic (exact) mass is 462 g/mol. The number of rotatable bonds is 5. The van der Waals surface area contributed by atoms with Crippen molar-refractivity contribution in [1.29, 1.82) is 0 Å². The fourth-order valence-corrected chi connectivity index (χ4v) is 4.85. The number of hydrogen-bond acceptors (Lipinski definition) is 3. The first-order chi connectivity index (χ1) is 14.0. The van der Waals surface area contributed by atoms with Crippen molar-refractivity contribution in [2.75, 3.05) is 10.0 Å². The number of nitrogens with one attached hydrogen (secondary N) is 2. The molecule has 30 heavy (non-hydrogen) atoms. The molecule has 0 aromatic heterocycles. The predicted molar refractivity (Wildman–Crippen MR) is 122 cm³/mol. The van der Waals surface area contributed by atoms with E-state index >= 15 is 0 Å². The van der Waals surface area contributed by atoms with Gasteiger partial charge >= 0.3 is 0 Å². The average Bonchev–Trinajstić information content (AvgIpc) is 2.62. The third kappa shape index (κ3) is 5.14. The summed E-state index contributed by atoms with van der Waals surface area (Å²) in [7, 11) is -4.00. The molecule has 3 aromatic rings. The fraction of sp³-hybridized carbons (Fsp3) is 0.136. The third-order valence-corrected chi connectivity index (χ3v) is 6.49. The van der Waals surface area contributed by atoms with Crippen molar-refractivity contribution in [3.05, 3.63) is 86.9 Å². The Hall–Kier alpha value is -2.54. The number of carbonyl (C=O) groups is 1. The van der Waals surface area contributed by atoms with Crippen LogP contribution in [0.3, 0.4) is 0 Å². The number of anilines is 2. The van der Waals surface area contributed by atoms with Crippen LogP contribution in [-0.2, 0) is 10.0 Å². The maximum Gasteiger partial charge on any atom is 0.263 e. The number of sulfonamides is 1. The second kappa shape index (κ2) is 8.68. The molecular formula is C22H20Cl2N2O3S. The summed E-state index contributed by atoms with van der Waals surface area (Å²) in [5, 5.41) is 3.34. The second-order valence-corrected chi connectivity index (χ2v) is 9.53. The zero-order valence-electron chi connectivity index (χ0n) is 16.6. The summed E-state index contributed by atoms with van der Waals surface area (Å²) < 4.78 is 28.4. The summed E-state index contributed by atoms with van der Waals surface area (Å²) in [6.07, 6.45) is 0. The van der Waals surface area contributed by atoms with Gasteiger partial charge in [0.05, 0.1) is 5.02 Å². The molecule has 0 atom stereocenters. The minimum atomic E-state index is -4.00. The summed E-state index contributed by atoms with van der Waals surface area (Å²) in [6, 6.07) is 14.6. The summed E-state index contributed by atoms with van der Waals surface area (Å²) >= 11 is 12.1. The van der Waals surface area contributed by atoms with Crippen LogP contribution in [-0.4, -0.2) is 14.3 Å². The van der Waals surface area contributed by atoms with E-state index in [9.17, 15) is 13.2 Å². The van der Waals surface area contributed by atoms with Crippen molar-refractivity contribution >= 4 is 50.5 Å². The van der Waals surface area contributed by atoms with Gasteiger partial charge in [-0.15, -0.1) is 0 Å². The van der Waals surface area contributed by atoms with Crippen LogP contribution in [0.2, 0.25) is 10.0 Å². The molecular weight excluding hydrogens is 443 g/mol. The molecule has 0 radical (unpaired) electrons. The Kier molecular flexibility index (Phi) is 6.41. The average molecular weight is 463 g/mol. The topological polar surface area (TPSA) is 75.3 Å². The summed E-state index contributed by atoms with van der Waals surface area (Å²) in [5.74, 6) is -0.458. The quantitative estimate of drug-likeness (QED) is 0.490. The van der Waals surface area contributed by atoms with E-state index in [4.69, 9.17) is 23.2 Å². The van der Waals surface area contributed by atoms with Gasteiger partial charge in [0, 0.05) is 22.0 Å². The molecule has 5 nitrogen and oxygen atoms in total. The van der Waals surface area contributed by atoms with Gasteiger partial charge in [-0.05, 0) is 86.0 Å². The fourth-order valence-electron chi connectivity index (χ4n) is 3.06. The molecule has 156 valence electrons. The number of carbonyl (C=O) groups excluding carboxylic acids is 1. The van der Waals surface area contributed by atoms with Gasteiger partial charge in [0.2, 0.25) is 0 Å². The molecule has 0 aliphatic rings. The first kappa shape index (κ1) is 22.2. The molecule has 8 heteroatoms. The van der Waals surface area contributed by atoms with Gasteiger partial charge in [-0.1, -0.05) is 29.3 Å². The zero-order chi connectivity index (χ0) is 22.1. The van der Waals surface area contributed by atoms with Crippen LogP contribution in [0.4, 0.5) is 11.4 Å². The lowest BCUT2D eigenvalue weighted by Gasteiger charge is -2.13. The van der Waals surface area contributed by atoms with Gasteiger partial charge in [0.15, 0.2) is 0 Å². The lowest BCUT2D eigenvalue weighted by Crippen LogP contribution is -2.17. The first-order valence-corrected chi connectivity index (χ1v) is 11.3. The molecule has 0 bridgehead atoms. The summed E-state index contributed by atoms with van der Waals surface area (Å²) in [6.45, 7) is 5.57. The number of aryl methyl sites for hydroxylation is 3. The van der Waals surface area contributed by atoms with Crippen molar-refractivity contribution in [2.45, 2.75) is 25.7 Å². The molecule has 0 saturated heterocycles. The van der Waals surface area contributed by atoms with Crippen LogP contribution < -0.4 is 10.0 Å². The Balaban J connectivity index is 1.91. The van der Waals surface area contributed by atoms with Gasteiger partial charge in [0.1, 0.15) is 4.90 Å². The van der Waals surface area contributed by atoms with Crippen molar-refractivity contribution in [3.63, 3.8) is 0 Å². The molecule has 0 aliphatic heterocycles. The van der Waals surface area contributed by atoms with E-state index in [1.54, 1.807) is 30.3 Å². The Morgan fingerprint density at radius 2 is 1.53 bits per heavy atom. The summed E-state index contributed by atoms with van der Waals surface area (Å²) in [4.78, 5) is 12.5. The first-order valence-electron chi connectivity index (χ1n) is 9.03. The maximum atomic E-state index is 12.9. The van der Waals surface area contributed by atoms with Crippen LogP contribution in [0.5, 0.6) is 0 Å². The van der Waals surface area contributed by atoms with Crippen molar-refractivity contribution < 1.29 is 13.2 Å². The van der Waals surface area contributed by atoms with Crippen LogP contribution in [0.25, 0.3) is 0 Å². The number of halogens is 2. The second-order valence-electron chi connectivity index (χ2n) is 7.04. The van der Waals surface area contributed by atoms with Gasteiger partial charge in [-0.25, -0.2) is 8.42 Å². The molecule has 3 rings (SSSR count). The van der Waals surface area contributed by atoms with E-state index < -0.39 is 15.9 Å².